The van der Waals surface area contributed by atoms with Crippen molar-refractivity contribution in [2.75, 3.05) is 0 Å². The molecule has 0 spiro atoms. The molecule has 3 aromatic carbocycles. The molecule has 5 nitrogen and oxygen atoms in total. The van der Waals surface area contributed by atoms with Gasteiger partial charge in [0.05, 0.1) is 5.56 Å². The fraction of sp³-hybridized carbons (Fsp3) is 0.0870. The number of carbonyl (C=O) groups is 3. The molecule has 3 aromatic rings. The predicted molar refractivity (Wildman–Crippen MR) is 102 cm³/mol. The fourth-order valence-electron chi connectivity index (χ4n) is 3.37. The molecule has 4 rings (SSSR count). The molecule has 0 aromatic heterocycles. The minimum Gasteiger partial charge on any atom is -0.457 e. The number of benzene rings is 3. The van der Waals surface area contributed by atoms with Crippen LogP contribution in [0.5, 0.6) is 5.75 Å². The summed E-state index contributed by atoms with van der Waals surface area (Å²) in [5, 5.41) is 0. The highest BCUT2D eigenvalue weighted by molar-refractivity contribution is 6.30. The highest BCUT2D eigenvalue weighted by Gasteiger charge is 2.33. The number of alkyl halides is 2. The van der Waals surface area contributed by atoms with E-state index in [1.807, 2.05) is 0 Å². The normalized spacial score (nSPS) is 12.4. The zero-order valence-electron chi connectivity index (χ0n) is 15.4. The van der Waals surface area contributed by atoms with Crippen LogP contribution in [0.1, 0.15) is 47.8 Å². The van der Waals surface area contributed by atoms with Crippen LogP contribution in [0.25, 0.3) is 0 Å². The average Bonchev–Trinajstić information content (AvgIpc) is 2.76. The van der Waals surface area contributed by atoms with Crippen LogP contribution < -0.4 is 4.74 Å². The van der Waals surface area contributed by atoms with Gasteiger partial charge in [-0.25, -0.2) is 4.79 Å². The lowest BCUT2D eigenvalue weighted by molar-refractivity contribution is -0.0510. The summed E-state index contributed by atoms with van der Waals surface area (Å²) in [6, 6.07) is 16.7. The quantitative estimate of drug-likeness (QED) is 0.457. The van der Waals surface area contributed by atoms with Gasteiger partial charge in [0.15, 0.2) is 11.6 Å². The van der Waals surface area contributed by atoms with Crippen molar-refractivity contribution in [1.82, 2.24) is 0 Å². The molecule has 1 aliphatic rings. The fourth-order valence-corrected chi connectivity index (χ4v) is 3.37. The van der Waals surface area contributed by atoms with Crippen LogP contribution in [0.3, 0.4) is 0 Å². The van der Waals surface area contributed by atoms with Gasteiger partial charge in [0.25, 0.3) is 0 Å². The smallest absolute Gasteiger partial charge is 0.387 e. The van der Waals surface area contributed by atoms with Gasteiger partial charge in [-0.3, -0.25) is 9.59 Å². The molecule has 0 unspecified atom stereocenters. The molecule has 0 aliphatic heterocycles. The zero-order valence-corrected chi connectivity index (χ0v) is 15.4. The number of ether oxygens (including phenoxy) is 2. The van der Waals surface area contributed by atoms with Crippen LogP contribution in [0.4, 0.5) is 8.78 Å². The molecule has 30 heavy (non-hydrogen) atoms. The van der Waals surface area contributed by atoms with Crippen molar-refractivity contribution in [3.63, 3.8) is 0 Å². The number of esters is 1. The van der Waals surface area contributed by atoms with Gasteiger partial charge in [-0.05, 0) is 12.1 Å². The minimum absolute atomic E-state index is 0.0247. The van der Waals surface area contributed by atoms with Gasteiger partial charge in [-0.15, -0.1) is 0 Å². The lowest BCUT2D eigenvalue weighted by atomic mass is 9.82. The van der Waals surface area contributed by atoms with Gasteiger partial charge in [-0.1, -0.05) is 54.6 Å². The van der Waals surface area contributed by atoms with E-state index in [2.05, 4.69) is 4.74 Å². The maximum absolute atomic E-state index is 13.0. The molecule has 0 saturated heterocycles. The maximum atomic E-state index is 13.0. The molecule has 0 saturated carbocycles. The Bertz CT molecular complexity index is 1170. The molecule has 0 radical (unpaired) electrons. The Hall–Kier alpha value is -3.87. The van der Waals surface area contributed by atoms with Gasteiger partial charge in [0.1, 0.15) is 12.4 Å². The largest absolute Gasteiger partial charge is 0.457 e. The first-order chi connectivity index (χ1) is 14.5. The van der Waals surface area contributed by atoms with E-state index in [0.717, 1.165) is 0 Å². The summed E-state index contributed by atoms with van der Waals surface area (Å²) in [6.07, 6.45) is 0. The van der Waals surface area contributed by atoms with Crippen molar-refractivity contribution in [3.05, 3.63) is 100 Å². The van der Waals surface area contributed by atoms with Crippen LogP contribution in [0, 0.1) is 0 Å². The van der Waals surface area contributed by atoms with Gasteiger partial charge in [0.2, 0.25) is 0 Å². The first kappa shape index (κ1) is 19.4. The minimum atomic E-state index is -3.02. The van der Waals surface area contributed by atoms with E-state index in [1.54, 1.807) is 24.3 Å². The van der Waals surface area contributed by atoms with Gasteiger partial charge in [0, 0.05) is 27.8 Å². The second kappa shape index (κ2) is 7.87. The monoisotopic (exact) mass is 408 g/mol. The second-order valence-corrected chi connectivity index (χ2v) is 6.49. The van der Waals surface area contributed by atoms with Crippen molar-refractivity contribution >= 4 is 17.5 Å². The Morgan fingerprint density at radius 2 is 1.43 bits per heavy atom. The summed E-state index contributed by atoms with van der Waals surface area (Å²) in [7, 11) is 0. The molecule has 0 fully saturated rings. The SMILES string of the molecule is O=C(OCc1ccccc1OC(F)F)c1cccc2c1C(=O)c1ccccc1C2=O. The number of para-hydroxylation sites is 1. The number of hydrogen-bond acceptors (Lipinski definition) is 5. The molecule has 0 atom stereocenters. The lowest BCUT2D eigenvalue weighted by Crippen LogP contribution is -2.24. The first-order valence-corrected chi connectivity index (χ1v) is 8.98. The number of halogens is 2. The van der Waals surface area contributed by atoms with Crippen molar-refractivity contribution in [3.8, 4) is 5.75 Å². The summed E-state index contributed by atoms with van der Waals surface area (Å²) in [4.78, 5) is 38.4. The molecular weight excluding hydrogens is 394 g/mol. The number of rotatable bonds is 5. The highest BCUT2D eigenvalue weighted by Crippen LogP contribution is 2.30. The Labute approximate surface area is 169 Å². The highest BCUT2D eigenvalue weighted by atomic mass is 19.3. The number of ketones is 2. The summed E-state index contributed by atoms with van der Waals surface area (Å²) in [6.45, 7) is -3.36. The van der Waals surface area contributed by atoms with E-state index in [9.17, 15) is 23.2 Å². The van der Waals surface area contributed by atoms with Crippen molar-refractivity contribution in [1.29, 1.82) is 0 Å². The Morgan fingerprint density at radius 1 is 0.800 bits per heavy atom. The van der Waals surface area contributed by atoms with Crippen LogP contribution in [-0.2, 0) is 11.3 Å². The van der Waals surface area contributed by atoms with E-state index < -0.39 is 18.4 Å². The third-order valence-electron chi connectivity index (χ3n) is 4.72. The Balaban J connectivity index is 1.63. The molecule has 0 N–H and O–H groups in total. The van der Waals surface area contributed by atoms with Crippen LogP contribution in [-0.4, -0.2) is 24.1 Å². The first-order valence-electron chi connectivity index (χ1n) is 8.98. The standard InChI is InChI=1S/C23H14F2O5/c24-23(25)30-18-11-4-1-6-13(18)12-29-22(28)17-10-5-9-16-19(17)21(27)15-8-3-2-7-14(15)20(16)26/h1-11,23H,12H2. The van der Waals surface area contributed by atoms with E-state index in [0.29, 0.717) is 0 Å². The summed E-state index contributed by atoms with van der Waals surface area (Å²) < 4.78 is 34.8. The molecule has 0 heterocycles. The van der Waals surface area contributed by atoms with E-state index >= 15 is 0 Å². The molecule has 1 aliphatic carbocycles. The maximum Gasteiger partial charge on any atom is 0.387 e. The zero-order chi connectivity index (χ0) is 21.3. The van der Waals surface area contributed by atoms with Crippen molar-refractivity contribution in [2.24, 2.45) is 0 Å². The van der Waals surface area contributed by atoms with Crippen LogP contribution >= 0.6 is 0 Å². The number of hydrogen-bond donors (Lipinski definition) is 0. The van der Waals surface area contributed by atoms with E-state index in [4.69, 9.17) is 4.74 Å². The average molecular weight is 408 g/mol. The van der Waals surface area contributed by atoms with Crippen LogP contribution in [0.15, 0.2) is 66.7 Å². The second-order valence-electron chi connectivity index (χ2n) is 6.49. The molecular formula is C23H14F2O5. The van der Waals surface area contributed by atoms with Crippen molar-refractivity contribution in [2.45, 2.75) is 13.2 Å². The van der Waals surface area contributed by atoms with Gasteiger partial charge < -0.3 is 9.47 Å². The molecule has 0 amide bonds. The molecule has 7 heteroatoms. The van der Waals surface area contributed by atoms with E-state index in [1.165, 1.54) is 42.5 Å². The summed E-state index contributed by atoms with van der Waals surface area (Å²) in [5.41, 5.74) is 0.763. The lowest BCUT2D eigenvalue weighted by Gasteiger charge is -2.19. The third-order valence-corrected chi connectivity index (χ3v) is 4.72. The van der Waals surface area contributed by atoms with Crippen molar-refractivity contribution < 1.29 is 32.6 Å². The Morgan fingerprint density at radius 3 is 2.17 bits per heavy atom. The van der Waals surface area contributed by atoms with Gasteiger partial charge >= 0.3 is 12.6 Å². The third kappa shape index (κ3) is 3.45. The van der Waals surface area contributed by atoms with Gasteiger partial charge in [-0.2, -0.15) is 8.78 Å². The van der Waals surface area contributed by atoms with E-state index in [-0.39, 0.29) is 51.5 Å². The number of fused-ring (bicyclic) bond motifs is 2. The Kier molecular flexibility index (Phi) is 5.10. The topological polar surface area (TPSA) is 69.7 Å². The molecule has 150 valence electrons. The number of carbonyl (C=O) groups excluding carboxylic acids is 3. The summed E-state index contributed by atoms with van der Waals surface area (Å²) in [5.74, 6) is -1.77. The summed E-state index contributed by atoms with van der Waals surface area (Å²) >= 11 is 0. The molecule has 0 bridgehead atoms. The predicted octanol–water partition coefficient (Wildman–Crippen LogP) is 4.42. The van der Waals surface area contributed by atoms with Crippen LogP contribution in [0.2, 0.25) is 0 Å².